The maximum absolute atomic E-state index is 13.8. The lowest BCUT2D eigenvalue weighted by Gasteiger charge is -2.14. The highest BCUT2D eigenvalue weighted by Gasteiger charge is 2.36. The highest BCUT2D eigenvalue weighted by Crippen LogP contribution is 2.45. The number of ether oxygens (including phenoxy) is 1. The quantitative estimate of drug-likeness (QED) is 0.508. The summed E-state index contributed by atoms with van der Waals surface area (Å²) in [6, 6.07) is 4.84. The lowest BCUT2D eigenvalue weighted by atomic mass is 9.98. The highest BCUT2D eigenvalue weighted by atomic mass is 32.1. The van der Waals surface area contributed by atoms with E-state index in [1.54, 1.807) is 13.0 Å². The summed E-state index contributed by atoms with van der Waals surface area (Å²) in [5.41, 5.74) is 1.08. The number of alkyl halides is 3. The second-order valence-electron chi connectivity index (χ2n) is 7.24. The topological polar surface area (TPSA) is 80.2 Å². The fourth-order valence-electron chi connectivity index (χ4n) is 3.29. The predicted octanol–water partition coefficient (Wildman–Crippen LogP) is 4.38. The van der Waals surface area contributed by atoms with Gasteiger partial charge in [0, 0.05) is 11.9 Å². The number of hydrogen-bond donors (Lipinski definition) is 2. The van der Waals surface area contributed by atoms with E-state index in [2.05, 4.69) is 20.5 Å². The first kappa shape index (κ1) is 21.0. The Kier molecular flexibility index (Phi) is 5.90. The van der Waals surface area contributed by atoms with Gasteiger partial charge >= 0.3 is 6.18 Å². The van der Waals surface area contributed by atoms with Crippen molar-refractivity contribution in [1.29, 1.82) is 0 Å². The summed E-state index contributed by atoms with van der Waals surface area (Å²) in [6.07, 6.45) is -2.62. The zero-order valence-electron chi connectivity index (χ0n) is 16.3. The Balaban J connectivity index is 1.65. The number of rotatable bonds is 8. The molecule has 1 fully saturated rings. The van der Waals surface area contributed by atoms with Crippen LogP contribution in [0.25, 0.3) is 21.6 Å². The standard InChI is InChI=1S/C20H21F3N4O2S/c1-11-8-16(18-26-27-19(30-18)24-4-6-29-7-5-28)25-17-14(11)9-13(12-2-3-12)10-15(17)20(21,22)23/h8-10,12,28H,2-7H2,1H3,(H,24,27). The molecule has 160 valence electrons. The summed E-state index contributed by atoms with van der Waals surface area (Å²) in [4.78, 5) is 4.34. The molecule has 1 aliphatic rings. The van der Waals surface area contributed by atoms with Gasteiger partial charge in [-0.15, -0.1) is 10.2 Å². The molecule has 0 radical (unpaired) electrons. The number of aromatic nitrogens is 3. The van der Waals surface area contributed by atoms with Crippen LogP contribution in [0.15, 0.2) is 18.2 Å². The van der Waals surface area contributed by atoms with Crippen LogP contribution in [0.5, 0.6) is 0 Å². The number of anilines is 1. The van der Waals surface area contributed by atoms with Crippen molar-refractivity contribution in [3.63, 3.8) is 0 Å². The van der Waals surface area contributed by atoms with E-state index in [0.717, 1.165) is 24.0 Å². The van der Waals surface area contributed by atoms with Crippen molar-refractivity contribution in [2.75, 3.05) is 31.7 Å². The smallest absolute Gasteiger partial charge is 0.394 e. The minimum atomic E-state index is -4.48. The average Bonchev–Trinajstić information content (AvgIpc) is 3.44. The summed E-state index contributed by atoms with van der Waals surface area (Å²) < 4.78 is 46.5. The summed E-state index contributed by atoms with van der Waals surface area (Å²) in [5, 5.41) is 21.3. The molecule has 0 unspecified atom stereocenters. The van der Waals surface area contributed by atoms with Crippen molar-refractivity contribution >= 4 is 27.4 Å². The van der Waals surface area contributed by atoms with E-state index in [-0.39, 0.29) is 24.6 Å². The molecule has 0 amide bonds. The molecule has 30 heavy (non-hydrogen) atoms. The SMILES string of the molecule is Cc1cc(-c2nnc(NCCOCCO)s2)nc2c(C(F)(F)F)cc(C3CC3)cc12. The molecule has 0 atom stereocenters. The van der Waals surface area contributed by atoms with Crippen LogP contribution in [0.4, 0.5) is 18.3 Å². The van der Waals surface area contributed by atoms with Crippen LogP contribution in [0.2, 0.25) is 0 Å². The Morgan fingerprint density at radius 2 is 2.00 bits per heavy atom. The van der Waals surface area contributed by atoms with Gasteiger partial charge in [-0.3, -0.25) is 0 Å². The molecule has 1 saturated carbocycles. The van der Waals surface area contributed by atoms with E-state index >= 15 is 0 Å². The molecule has 0 saturated heterocycles. The minimum absolute atomic E-state index is 0.0436. The maximum atomic E-state index is 13.8. The van der Waals surface area contributed by atoms with Crippen LogP contribution >= 0.6 is 11.3 Å². The highest BCUT2D eigenvalue weighted by molar-refractivity contribution is 7.18. The van der Waals surface area contributed by atoms with Crippen LogP contribution in [0, 0.1) is 6.92 Å². The first-order valence-electron chi connectivity index (χ1n) is 9.65. The molecule has 0 spiro atoms. The molecule has 0 bridgehead atoms. The molecule has 4 rings (SSSR count). The van der Waals surface area contributed by atoms with Gasteiger partial charge in [0.15, 0.2) is 5.01 Å². The summed E-state index contributed by atoms with van der Waals surface area (Å²) in [7, 11) is 0. The summed E-state index contributed by atoms with van der Waals surface area (Å²) >= 11 is 1.22. The molecule has 1 aliphatic carbocycles. The van der Waals surface area contributed by atoms with Gasteiger partial charge in [-0.1, -0.05) is 11.3 Å². The molecule has 2 N–H and O–H groups in total. The lowest BCUT2D eigenvalue weighted by Crippen LogP contribution is -2.11. The van der Waals surface area contributed by atoms with Crippen molar-refractivity contribution in [3.8, 4) is 10.7 Å². The van der Waals surface area contributed by atoms with Gasteiger partial charge < -0.3 is 15.2 Å². The third-order valence-electron chi connectivity index (χ3n) is 4.90. The molecule has 2 aromatic heterocycles. The summed E-state index contributed by atoms with van der Waals surface area (Å²) in [5.74, 6) is 0.215. The number of nitrogens with zero attached hydrogens (tertiary/aromatic N) is 3. The Hall–Kier alpha value is -2.30. The second kappa shape index (κ2) is 8.44. The second-order valence-corrected chi connectivity index (χ2v) is 8.21. The zero-order valence-corrected chi connectivity index (χ0v) is 17.1. The third-order valence-corrected chi connectivity index (χ3v) is 5.80. The van der Waals surface area contributed by atoms with Gasteiger partial charge in [-0.2, -0.15) is 13.2 Å². The van der Waals surface area contributed by atoms with Crippen molar-refractivity contribution in [3.05, 3.63) is 34.9 Å². The van der Waals surface area contributed by atoms with Crippen LogP contribution in [0.1, 0.15) is 35.4 Å². The lowest BCUT2D eigenvalue weighted by molar-refractivity contribution is -0.136. The van der Waals surface area contributed by atoms with E-state index in [4.69, 9.17) is 9.84 Å². The number of fused-ring (bicyclic) bond motifs is 1. The van der Waals surface area contributed by atoms with Gasteiger partial charge in [-0.05, 0) is 55.0 Å². The Labute approximate surface area is 175 Å². The monoisotopic (exact) mass is 438 g/mol. The Morgan fingerprint density at radius 3 is 2.70 bits per heavy atom. The number of aliphatic hydroxyl groups excluding tert-OH is 1. The molecular formula is C20H21F3N4O2S. The maximum Gasteiger partial charge on any atom is 0.418 e. The fourth-order valence-corrected chi connectivity index (χ4v) is 4.02. The number of nitrogens with one attached hydrogen (secondary N) is 1. The molecule has 6 nitrogen and oxygen atoms in total. The first-order valence-corrected chi connectivity index (χ1v) is 10.5. The Bertz CT molecular complexity index is 1050. The van der Waals surface area contributed by atoms with E-state index in [1.807, 2.05) is 6.07 Å². The molecule has 2 heterocycles. The largest absolute Gasteiger partial charge is 0.418 e. The Morgan fingerprint density at radius 1 is 1.20 bits per heavy atom. The number of benzene rings is 1. The number of pyridine rings is 1. The number of hydrogen-bond acceptors (Lipinski definition) is 7. The number of aliphatic hydroxyl groups is 1. The van der Waals surface area contributed by atoms with Gasteiger partial charge in [-0.25, -0.2) is 4.98 Å². The molecule has 1 aromatic carbocycles. The van der Waals surface area contributed by atoms with Crippen molar-refractivity contribution in [1.82, 2.24) is 15.2 Å². The fraction of sp³-hybridized carbons (Fsp3) is 0.450. The van der Waals surface area contributed by atoms with Crippen LogP contribution in [0.3, 0.4) is 0 Å². The van der Waals surface area contributed by atoms with Gasteiger partial charge in [0.2, 0.25) is 5.13 Å². The molecule has 3 aromatic rings. The zero-order chi connectivity index (χ0) is 21.3. The van der Waals surface area contributed by atoms with Gasteiger partial charge in [0.25, 0.3) is 0 Å². The van der Waals surface area contributed by atoms with Crippen LogP contribution < -0.4 is 5.32 Å². The van der Waals surface area contributed by atoms with E-state index < -0.39 is 11.7 Å². The van der Waals surface area contributed by atoms with Crippen LogP contribution in [-0.2, 0) is 10.9 Å². The molecular weight excluding hydrogens is 417 g/mol. The number of aryl methyl sites for hydroxylation is 1. The first-order chi connectivity index (χ1) is 14.4. The summed E-state index contributed by atoms with van der Waals surface area (Å²) in [6.45, 7) is 2.87. The predicted molar refractivity (Wildman–Crippen MR) is 109 cm³/mol. The van der Waals surface area contributed by atoms with Gasteiger partial charge in [0.05, 0.1) is 30.9 Å². The average molecular weight is 438 g/mol. The van der Waals surface area contributed by atoms with E-state index in [9.17, 15) is 13.2 Å². The van der Waals surface area contributed by atoms with Gasteiger partial charge in [0.1, 0.15) is 5.69 Å². The number of halogens is 3. The van der Waals surface area contributed by atoms with Crippen LogP contribution in [-0.4, -0.2) is 46.7 Å². The van der Waals surface area contributed by atoms with Crippen molar-refractivity contribution in [2.24, 2.45) is 0 Å². The van der Waals surface area contributed by atoms with Crippen molar-refractivity contribution < 1.29 is 23.0 Å². The normalized spacial score (nSPS) is 14.4. The van der Waals surface area contributed by atoms with E-state index in [0.29, 0.717) is 34.4 Å². The third kappa shape index (κ3) is 4.55. The minimum Gasteiger partial charge on any atom is -0.394 e. The molecule has 0 aliphatic heterocycles. The molecule has 10 heteroatoms. The van der Waals surface area contributed by atoms with Crippen molar-refractivity contribution in [2.45, 2.75) is 31.9 Å². The van der Waals surface area contributed by atoms with E-state index in [1.165, 1.54) is 17.4 Å².